The van der Waals surface area contributed by atoms with E-state index < -0.39 is 12.0 Å². The number of aryl methyl sites for hydroxylation is 1. The maximum absolute atomic E-state index is 13.2. The van der Waals surface area contributed by atoms with Crippen LogP contribution in [0.4, 0.5) is 4.39 Å². The van der Waals surface area contributed by atoms with Crippen molar-refractivity contribution in [2.75, 3.05) is 14.1 Å². The zero-order valence-corrected chi connectivity index (χ0v) is 14.4. The van der Waals surface area contributed by atoms with E-state index in [2.05, 4.69) is 10.1 Å². The molecule has 25 heavy (non-hydrogen) atoms. The fourth-order valence-corrected chi connectivity index (χ4v) is 3.24. The van der Waals surface area contributed by atoms with Gasteiger partial charge in [-0.05, 0) is 17.7 Å². The van der Waals surface area contributed by atoms with Crippen LogP contribution in [0.25, 0.3) is 0 Å². The lowest BCUT2D eigenvalue weighted by Crippen LogP contribution is -2.36. The fourth-order valence-electron chi connectivity index (χ4n) is 3.24. The molecular formula is C17H20FN5O2. The number of hydrogen-bond acceptors (Lipinski definition) is 4. The number of nitrogens with zero attached hydrogens (tertiary/aromatic N) is 5. The van der Waals surface area contributed by atoms with E-state index in [4.69, 9.17) is 0 Å². The third-order valence-electron chi connectivity index (χ3n) is 4.67. The van der Waals surface area contributed by atoms with E-state index in [1.165, 1.54) is 18.5 Å². The molecule has 0 bridgehead atoms. The second-order valence-electron chi connectivity index (χ2n) is 6.31. The van der Waals surface area contributed by atoms with Gasteiger partial charge in [0.2, 0.25) is 11.8 Å². The molecule has 2 amide bonds. The van der Waals surface area contributed by atoms with Crippen molar-refractivity contribution in [1.29, 1.82) is 0 Å². The van der Waals surface area contributed by atoms with Gasteiger partial charge in [-0.25, -0.2) is 9.37 Å². The van der Waals surface area contributed by atoms with Gasteiger partial charge < -0.3 is 9.80 Å². The lowest BCUT2D eigenvalue weighted by Gasteiger charge is -2.27. The number of amides is 2. The number of halogens is 1. The van der Waals surface area contributed by atoms with Crippen molar-refractivity contribution in [3.05, 3.63) is 47.8 Å². The van der Waals surface area contributed by atoms with Crippen LogP contribution in [0.5, 0.6) is 0 Å². The smallest absolute Gasteiger partial charge is 0.228 e. The van der Waals surface area contributed by atoms with E-state index in [0.29, 0.717) is 12.4 Å². The molecule has 8 heteroatoms. The maximum atomic E-state index is 13.2. The maximum Gasteiger partial charge on any atom is 0.228 e. The lowest BCUT2D eigenvalue weighted by atomic mass is 9.92. The molecule has 1 aromatic heterocycles. The fraction of sp³-hybridized carbons (Fsp3) is 0.412. The van der Waals surface area contributed by atoms with Crippen molar-refractivity contribution >= 4 is 11.8 Å². The van der Waals surface area contributed by atoms with Gasteiger partial charge in [0.25, 0.3) is 0 Å². The Labute approximate surface area is 145 Å². The van der Waals surface area contributed by atoms with Gasteiger partial charge in [0.1, 0.15) is 18.0 Å². The summed E-state index contributed by atoms with van der Waals surface area (Å²) in [6, 6.07) is 5.53. The zero-order chi connectivity index (χ0) is 18.1. The number of carbonyl (C=O) groups excluding carboxylic acids is 2. The summed E-state index contributed by atoms with van der Waals surface area (Å²) in [6.07, 6.45) is 1.57. The van der Waals surface area contributed by atoms with E-state index in [0.717, 1.165) is 5.56 Å². The number of carbonyl (C=O) groups is 2. The quantitative estimate of drug-likeness (QED) is 0.833. The van der Waals surface area contributed by atoms with Crippen molar-refractivity contribution in [3.63, 3.8) is 0 Å². The number of rotatable bonds is 4. The van der Waals surface area contributed by atoms with E-state index in [9.17, 15) is 14.0 Å². The van der Waals surface area contributed by atoms with Gasteiger partial charge >= 0.3 is 0 Å². The highest BCUT2D eigenvalue weighted by molar-refractivity contribution is 5.90. The molecule has 0 spiro atoms. The third kappa shape index (κ3) is 3.24. The molecule has 0 aliphatic carbocycles. The lowest BCUT2D eigenvalue weighted by molar-refractivity contribution is -0.136. The summed E-state index contributed by atoms with van der Waals surface area (Å²) < 4.78 is 14.8. The summed E-state index contributed by atoms with van der Waals surface area (Å²) in [5, 5.41) is 3.99. The standard InChI is InChI=1S/C17H20FN5O2/c1-21(9-14-19-10-20-23(14)3)17(25)13-8-15(24)22(2)16(13)11-4-6-12(18)7-5-11/h4-7,10,13,16H,8-9H2,1-3H3/t13-,16+/m1/s1. The van der Waals surface area contributed by atoms with Gasteiger partial charge in [-0.2, -0.15) is 5.10 Å². The van der Waals surface area contributed by atoms with Crippen LogP contribution in [0, 0.1) is 11.7 Å². The van der Waals surface area contributed by atoms with Gasteiger partial charge in [-0.3, -0.25) is 14.3 Å². The Morgan fingerprint density at radius 2 is 2.00 bits per heavy atom. The molecule has 0 unspecified atom stereocenters. The Hall–Kier alpha value is -2.77. The Morgan fingerprint density at radius 1 is 1.32 bits per heavy atom. The van der Waals surface area contributed by atoms with Crippen LogP contribution in [0.2, 0.25) is 0 Å². The molecule has 2 atom stereocenters. The Bertz CT molecular complexity index is 789. The predicted octanol–water partition coefficient (Wildman–Crippen LogP) is 1.13. The second kappa shape index (κ2) is 6.62. The predicted molar refractivity (Wildman–Crippen MR) is 87.5 cm³/mol. The largest absolute Gasteiger partial charge is 0.338 e. The zero-order valence-electron chi connectivity index (χ0n) is 14.4. The Kier molecular flexibility index (Phi) is 4.52. The van der Waals surface area contributed by atoms with Crippen molar-refractivity contribution < 1.29 is 14.0 Å². The average molecular weight is 345 g/mol. The van der Waals surface area contributed by atoms with Gasteiger partial charge in [0, 0.05) is 27.6 Å². The van der Waals surface area contributed by atoms with E-state index in [1.54, 1.807) is 47.8 Å². The third-order valence-corrected chi connectivity index (χ3v) is 4.67. The Balaban J connectivity index is 1.83. The molecule has 7 nitrogen and oxygen atoms in total. The molecule has 1 aromatic carbocycles. The van der Waals surface area contributed by atoms with E-state index >= 15 is 0 Å². The number of likely N-dealkylation sites (tertiary alicyclic amines) is 1. The molecule has 132 valence electrons. The number of aromatic nitrogens is 3. The van der Waals surface area contributed by atoms with Crippen LogP contribution in [0.1, 0.15) is 23.9 Å². The average Bonchev–Trinajstić information content (AvgIpc) is 3.12. The summed E-state index contributed by atoms with van der Waals surface area (Å²) in [5.74, 6) is -0.444. The summed E-state index contributed by atoms with van der Waals surface area (Å²) in [7, 11) is 5.11. The molecule has 1 aliphatic heterocycles. The molecule has 2 heterocycles. The van der Waals surface area contributed by atoms with Crippen LogP contribution < -0.4 is 0 Å². The van der Waals surface area contributed by atoms with E-state index in [-0.39, 0.29) is 24.1 Å². The molecule has 1 fully saturated rings. The minimum atomic E-state index is -0.513. The van der Waals surface area contributed by atoms with Gasteiger partial charge in [-0.1, -0.05) is 12.1 Å². The van der Waals surface area contributed by atoms with Crippen LogP contribution >= 0.6 is 0 Å². The van der Waals surface area contributed by atoms with Crippen LogP contribution in [-0.4, -0.2) is 50.5 Å². The molecule has 0 N–H and O–H groups in total. The minimum absolute atomic E-state index is 0.0975. The highest BCUT2D eigenvalue weighted by Crippen LogP contribution is 2.38. The van der Waals surface area contributed by atoms with Crippen molar-refractivity contribution in [3.8, 4) is 0 Å². The second-order valence-corrected chi connectivity index (χ2v) is 6.31. The molecule has 1 aliphatic rings. The van der Waals surface area contributed by atoms with E-state index in [1.807, 2.05) is 0 Å². The summed E-state index contributed by atoms with van der Waals surface area (Å²) in [5.41, 5.74) is 0.750. The first-order valence-electron chi connectivity index (χ1n) is 7.97. The first-order chi connectivity index (χ1) is 11.9. The first-order valence-corrected chi connectivity index (χ1v) is 7.97. The van der Waals surface area contributed by atoms with Gasteiger partial charge in [0.15, 0.2) is 0 Å². The molecular weight excluding hydrogens is 325 g/mol. The Morgan fingerprint density at radius 3 is 2.60 bits per heavy atom. The monoisotopic (exact) mass is 345 g/mol. The summed E-state index contributed by atoms with van der Waals surface area (Å²) >= 11 is 0. The molecule has 0 radical (unpaired) electrons. The highest BCUT2D eigenvalue weighted by atomic mass is 19.1. The van der Waals surface area contributed by atoms with Crippen LogP contribution in [-0.2, 0) is 23.2 Å². The molecule has 2 aromatic rings. The highest BCUT2D eigenvalue weighted by Gasteiger charge is 2.43. The number of benzene rings is 1. The van der Waals surface area contributed by atoms with Gasteiger partial charge in [0.05, 0.1) is 18.5 Å². The van der Waals surface area contributed by atoms with Crippen molar-refractivity contribution in [2.45, 2.75) is 19.0 Å². The normalized spacial score (nSPS) is 20.2. The van der Waals surface area contributed by atoms with Crippen molar-refractivity contribution in [1.82, 2.24) is 24.6 Å². The molecule has 3 rings (SSSR count). The number of hydrogen-bond donors (Lipinski definition) is 0. The van der Waals surface area contributed by atoms with Crippen LogP contribution in [0.15, 0.2) is 30.6 Å². The van der Waals surface area contributed by atoms with Crippen LogP contribution in [0.3, 0.4) is 0 Å². The topological polar surface area (TPSA) is 71.3 Å². The summed E-state index contributed by atoms with van der Waals surface area (Å²) in [6.45, 7) is 0.305. The summed E-state index contributed by atoms with van der Waals surface area (Å²) in [4.78, 5) is 32.4. The first kappa shape index (κ1) is 17.1. The minimum Gasteiger partial charge on any atom is -0.338 e. The molecule has 1 saturated heterocycles. The SMILES string of the molecule is CN(Cc1ncnn1C)C(=O)[C@@H]1CC(=O)N(C)[C@H]1c1ccc(F)cc1. The van der Waals surface area contributed by atoms with Crippen molar-refractivity contribution in [2.24, 2.45) is 13.0 Å². The molecule has 0 saturated carbocycles. The van der Waals surface area contributed by atoms with Gasteiger partial charge in [-0.15, -0.1) is 0 Å².